The van der Waals surface area contributed by atoms with Crippen LogP contribution in [0.3, 0.4) is 0 Å². The lowest BCUT2D eigenvalue weighted by atomic mass is 10.2. The summed E-state index contributed by atoms with van der Waals surface area (Å²) in [7, 11) is 0. The minimum atomic E-state index is -1.21. The number of halogens is 3. The molecule has 0 fully saturated rings. The minimum Gasteiger partial charge on any atom is -0.447 e. The van der Waals surface area contributed by atoms with Gasteiger partial charge in [0.1, 0.15) is 0 Å². The smallest absolute Gasteiger partial charge is 0.311 e. The molecule has 0 saturated heterocycles. The number of hydrogen-bond acceptors (Lipinski definition) is 3. The minimum absolute atomic E-state index is 0.156. The molecule has 0 radical (unpaired) electrons. The molecule has 0 aliphatic rings. The molecule has 0 atom stereocenters. The highest BCUT2D eigenvalue weighted by Crippen LogP contribution is 2.35. The van der Waals surface area contributed by atoms with Crippen molar-refractivity contribution < 1.29 is 18.4 Å². The standard InChI is InChI=1S/C13H8BrF2NO3/c1-7-2-3-11(10(4-7)17(18)19)20-12-6-8(14)5-9(15)13(12)16/h2-6H,1H3. The highest BCUT2D eigenvalue weighted by molar-refractivity contribution is 9.10. The van der Waals surface area contributed by atoms with Crippen molar-refractivity contribution in [1.29, 1.82) is 0 Å². The van der Waals surface area contributed by atoms with E-state index < -0.39 is 22.3 Å². The Kier molecular flexibility index (Phi) is 3.99. The van der Waals surface area contributed by atoms with Gasteiger partial charge in [-0.3, -0.25) is 10.1 Å². The molecule has 20 heavy (non-hydrogen) atoms. The molecule has 0 aromatic heterocycles. The Labute approximate surface area is 121 Å². The van der Waals surface area contributed by atoms with Crippen LogP contribution in [0.1, 0.15) is 5.56 Å². The van der Waals surface area contributed by atoms with Crippen molar-refractivity contribution >= 4 is 21.6 Å². The first-order valence-corrected chi connectivity index (χ1v) is 6.25. The Morgan fingerprint density at radius 2 is 1.90 bits per heavy atom. The van der Waals surface area contributed by atoms with Crippen molar-refractivity contribution in [3.05, 3.63) is 62.1 Å². The van der Waals surface area contributed by atoms with Gasteiger partial charge in [0.15, 0.2) is 11.6 Å². The van der Waals surface area contributed by atoms with Crippen LogP contribution in [0.5, 0.6) is 11.5 Å². The van der Waals surface area contributed by atoms with Crippen LogP contribution in [-0.4, -0.2) is 4.92 Å². The van der Waals surface area contributed by atoms with E-state index in [1.165, 1.54) is 18.2 Å². The number of rotatable bonds is 3. The molecule has 0 amide bonds. The fourth-order valence-electron chi connectivity index (χ4n) is 1.58. The molecule has 0 unspecified atom stereocenters. The number of nitro groups is 1. The van der Waals surface area contributed by atoms with Gasteiger partial charge in [-0.1, -0.05) is 22.0 Å². The molecule has 0 spiro atoms. The number of nitrogens with zero attached hydrogens (tertiary/aromatic N) is 1. The maximum atomic E-state index is 13.6. The molecule has 2 aromatic rings. The van der Waals surface area contributed by atoms with Gasteiger partial charge in [-0.2, -0.15) is 4.39 Å². The van der Waals surface area contributed by atoms with Gasteiger partial charge >= 0.3 is 5.69 Å². The van der Waals surface area contributed by atoms with E-state index >= 15 is 0 Å². The van der Waals surface area contributed by atoms with Crippen LogP contribution in [0.25, 0.3) is 0 Å². The summed E-state index contributed by atoms with van der Waals surface area (Å²) < 4.78 is 32.2. The van der Waals surface area contributed by atoms with E-state index in [9.17, 15) is 18.9 Å². The zero-order chi connectivity index (χ0) is 14.9. The molecule has 0 aliphatic heterocycles. The van der Waals surface area contributed by atoms with Gasteiger partial charge in [0.2, 0.25) is 11.6 Å². The van der Waals surface area contributed by atoms with Crippen LogP contribution in [0.2, 0.25) is 0 Å². The van der Waals surface area contributed by atoms with Crippen LogP contribution in [-0.2, 0) is 0 Å². The molecule has 2 aromatic carbocycles. The van der Waals surface area contributed by atoms with E-state index in [0.29, 0.717) is 5.56 Å². The third kappa shape index (κ3) is 2.93. The first-order chi connectivity index (χ1) is 9.38. The average Bonchev–Trinajstić information content (AvgIpc) is 2.37. The lowest BCUT2D eigenvalue weighted by molar-refractivity contribution is -0.385. The maximum Gasteiger partial charge on any atom is 0.311 e. The van der Waals surface area contributed by atoms with Crippen molar-refractivity contribution in [3.8, 4) is 11.5 Å². The number of benzene rings is 2. The zero-order valence-electron chi connectivity index (χ0n) is 10.2. The molecule has 0 heterocycles. The van der Waals surface area contributed by atoms with Crippen LogP contribution in [0, 0.1) is 28.7 Å². The van der Waals surface area contributed by atoms with Gasteiger partial charge in [0.05, 0.1) is 4.92 Å². The summed E-state index contributed by atoms with van der Waals surface area (Å²) in [5.74, 6) is -2.90. The fourth-order valence-corrected chi connectivity index (χ4v) is 1.99. The summed E-state index contributed by atoms with van der Waals surface area (Å²) >= 11 is 3.00. The Bertz CT molecular complexity index is 692. The Morgan fingerprint density at radius 1 is 1.20 bits per heavy atom. The highest BCUT2D eigenvalue weighted by atomic mass is 79.9. The Hall–Kier alpha value is -2.02. The number of aryl methyl sites for hydroxylation is 1. The monoisotopic (exact) mass is 343 g/mol. The molecule has 0 saturated carbocycles. The van der Waals surface area contributed by atoms with Gasteiger partial charge in [-0.15, -0.1) is 0 Å². The summed E-state index contributed by atoms with van der Waals surface area (Å²) in [6, 6.07) is 6.34. The van der Waals surface area contributed by atoms with Crippen molar-refractivity contribution in [2.75, 3.05) is 0 Å². The van der Waals surface area contributed by atoms with E-state index in [-0.39, 0.29) is 15.9 Å². The first kappa shape index (κ1) is 14.4. The summed E-state index contributed by atoms with van der Waals surface area (Å²) in [4.78, 5) is 10.3. The first-order valence-electron chi connectivity index (χ1n) is 5.46. The van der Waals surface area contributed by atoms with Crippen LogP contribution < -0.4 is 4.74 Å². The lowest BCUT2D eigenvalue weighted by Crippen LogP contribution is -1.97. The third-order valence-electron chi connectivity index (χ3n) is 2.49. The van der Waals surface area contributed by atoms with Crippen LogP contribution in [0.15, 0.2) is 34.8 Å². The number of hydrogen-bond donors (Lipinski definition) is 0. The molecule has 0 aliphatic carbocycles. The van der Waals surface area contributed by atoms with E-state index in [1.807, 2.05) is 0 Å². The SMILES string of the molecule is Cc1ccc(Oc2cc(Br)cc(F)c2F)c([N+](=O)[O-])c1. The van der Waals surface area contributed by atoms with Gasteiger partial charge in [0, 0.05) is 10.5 Å². The third-order valence-corrected chi connectivity index (χ3v) is 2.95. The quantitative estimate of drug-likeness (QED) is 0.459. The number of ether oxygens (including phenoxy) is 1. The molecule has 2 rings (SSSR count). The van der Waals surface area contributed by atoms with Crippen molar-refractivity contribution in [2.24, 2.45) is 0 Å². The van der Waals surface area contributed by atoms with Crippen molar-refractivity contribution in [2.45, 2.75) is 6.92 Å². The second-order valence-electron chi connectivity index (χ2n) is 4.03. The van der Waals surface area contributed by atoms with Gasteiger partial charge in [0.25, 0.3) is 0 Å². The van der Waals surface area contributed by atoms with Crippen molar-refractivity contribution in [1.82, 2.24) is 0 Å². The summed E-state index contributed by atoms with van der Waals surface area (Å²) in [6.45, 7) is 1.68. The largest absolute Gasteiger partial charge is 0.447 e. The topological polar surface area (TPSA) is 52.4 Å². The predicted molar refractivity (Wildman–Crippen MR) is 72.0 cm³/mol. The fraction of sp³-hybridized carbons (Fsp3) is 0.0769. The normalized spacial score (nSPS) is 10.4. The summed E-state index contributed by atoms with van der Waals surface area (Å²) in [5, 5.41) is 10.9. The maximum absolute atomic E-state index is 13.6. The Morgan fingerprint density at radius 3 is 2.55 bits per heavy atom. The number of nitro benzene ring substituents is 1. The van der Waals surface area contributed by atoms with Crippen LogP contribution >= 0.6 is 15.9 Å². The summed E-state index contributed by atoms with van der Waals surface area (Å²) in [5.41, 5.74) is 0.342. The average molecular weight is 344 g/mol. The molecule has 0 N–H and O–H groups in total. The van der Waals surface area contributed by atoms with E-state index in [4.69, 9.17) is 4.74 Å². The van der Waals surface area contributed by atoms with Gasteiger partial charge in [-0.05, 0) is 30.7 Å². The molecule has 7 heteroatoms. The second kappa shape index (κ2) is 5.54. The van der Waals surface area contributed by atoms with Crippen molar-refractivity contribution in [3.63, 3.8) is 0 Å². The van der Waals surface area contributed by atoms with Crippen LogP contribution in [0.4, 0.5) is 14.5 Å². The summed E-state index contributed by atoms with van der Waals surface area (Å²) in [6.07, 6.45) is 0. The zero-order valence-corrected chi connectivity index (χ0v) is 11.8. The molecule has 4 nitrogen and oxygen atoms in total. The van der Waals surface area contributed by atoms with Gasteiger partial charge in [-0.25, -0.2) is 4.39 Å². The van der Waals surface area contributed by atoms with E-state index in [0.717, 1.165) is 6.07 Å². The van der Waals surface area contributed by atoms with Gasteiger partial charge < -0.3 is 4.74 Å². The van der Waals surface area contributed by atoms with E-state index in [1.54, 1.807) is 13.0 Å². The Balaban J connectivity index is 2.48. The van der Waals surface area contributed by atoms with E-state index in [2.05, 4.69) is 15.9 Å². The lowest BCUT2D eigenvalue weighted by Gasteiger charge is -2.08. The molecular formula is C13H8BrF2NO3. The molecular weight excluding hydrogens is 336 g/mol. The molecule has 104 valence electrons. The second-order valence-corrected chi connectivity index (χ2v) is 4.95. The predicted octanol–water partition coefficient (Wildman–Crippen LogP) is 4.74. The molecule has 0 bridgehead atoms. The highest BCUT2D eigenvalue weighted by Gasteiger charge is 2.19.